The van der Waals surface area contributed by atoms with E-state index in [1.165, 1.54) is 18.2 Å². The van der Waals surface area contributed by atoms with Crippen LogP contribution in [0.25, 0.3) is 0 Å². The van der Waals surface area contributed by atoms with Crippen LogP contribution in [0.5, 0.6) is 0 Å². The Morgan fingerprint density at radius 2 is 1.86 bits per heavy atom. The summed E-state index contributed by atoms with van der Waals surface area (Å²) in [4.78, 5) is 21.6. The van der Waals surface area contributed by atoms with Crippen LogP contribution in [0.15, 0.2) is 18.2 Å². The highest BCUT2D eigenvalue weighted by molar-refractivity contribution is 6.69. The molecule has 1 rings (SSSR count). The molecular formula is C8H5Cl2NO3. The normalized spacial score (nSPS) is 9.64. The van der Waals surface area contributed by atoms with E-state index < -0.39 is 10.5 Å². The van der Waals surface area contributed by atoms with E-state index in [-0.39, 0.29) is 16.8 Å². The lowest BCUT2D eigenvalue weighted by Crippen LogP contribution is -2.01. The highest BCUT2D eigenvalue weighted by Crippen LogP contribution is 2.19. The van der Waals surface area contributed by atoms with Crippen LogP contribution in [0.4, 0.5) is 5.69 Å². The molecule has 4 nitrogen and oxygen atoms in total. The van der Waals surface area contributed by atoms with Gasteiger partial charge in [-0.2, -0.15) is 0 Å². The molecule has 0 unspecified atom stereocenters. The summed E-state index contributed by atoms with van der Waals surface area (Å²) in [6.45, 7) is 0. The van der Waals surface area contributed by atoms with Gasteiger partial charge in [-0.05, 0) is 41.4 Å². The molecule has 0 atom stereocenters. The second-order valence-electron chi connectivity index (χ2n) is 2.42. The molecule has 14 heavy (non-hydrogen) atoms. The van der Waals surface area contributed by atoms with E-state index in [1.54, 1.807) is 5.48 Å². The molecule has 74 valence electrons. The maximum absolute atomic E-state index is 10.9. The van der Waals surface area contributed by atoms with Crippen LogP contribution in [-0.2, 0) is 0 Å². The molecule has 0 bridgehead atoms. The molecular weight excluding hydrogens is 229 g/mol. The molecule has 0 fully saturated rings. The third-order valence-corrected chi connectivity index (χ3v) is 2.00. The average molecular weight is 234 g/mol. The molecule has 6 heteroatoms. The van der Waals surface area contributed by atoms with E-state index in [2.05, 4.69) is 0 Å². The molecule has 1 aromatic carbocycles. The zero-order valence-corrected chi connectivity index (χ0v) is 8.26. The van der Waals surface area contributed by atoms with Gasteiger partial charge in [0.1, 0.15) is 0 Å². The standard InChI is InChI=1S/C8H5Cl2NO3/c9-7(12)4-1-2-6(11-14)5(3-4)8(10)13/h1-3,11,14H. The molecule has 0 aliphatic rings. The predicted molar refractivity (Wildman–Crippen MR) is 52.2 cm³/mol. The zero-order chi connectivity index (χ0) is 10.7. The van der Waals surface area contributed by atoms with Gasteiger partial charge in [0.15, 0.2) is 0 Å². The van der Waals surface area contributed by atoms with E-state index in [1.807, 2.05) is 0 Å². The van der Waals surface area contributed by atoms with E-state index in [9.17, 15) is 9.59 Å². The molecule has 0 spiro atoms. The first-order valence-electron chi connectivity index (χ1n) is 3.50. The van der Waals surface area contributed by atoms with Crippen molar-refractivity contribution in [1.29, 1.82) is 0 Å². The Kier molecular flexibility index (Phi) is 3.46. The highest BCUT2D eigenvalue weighted by Gasteiger charge is 2.12. The Morgan fingerprint density at radius 3 is 2.29 bits per heavy atom. The number of anilines is 1. The maximum atomic E-state index is 10.9. The lowest BCUT2D eigenvalue weighted by atomic mass is 10.1. The van der Waals surface area contributed by atoms with E-state index in [0.717, 1.165) is 0 Å². The Balaban J connectivity index is 3.27. The fraction of sp³-hybridized carbons (Fsp3) is 0. The minimum absolute atomic E-state index is 0.0133. The van der Waals surface area contributed by atoms with Gasteiger partial charge in [0.2, 0.25) is 0 Å². The lowest BCUT2D eigenvalue weighted by molar-refractivity contribution is 0.108. The van der Waals surface area contributed by atoms with Gasteiger partial charge in [-0.1, -0.05) is 0 Å². The number of benzene rings is 1. The zero-order valence-electron chi connectivity index (χ0n) is 6.75. The molecule has 0 heterocycles. The van der Waals surface area contributed by atoms with Gasteiger partial charge in [0.05, 0.1) is 11.3 Å². The number of halogens is 2. The molecule has 2 N–H and O–H groups in total. The predicted octanol–water partition coefficient (Wildman–Crippen LogP) is 2.25. The Morgan fingerprint density at radius 1 is 1.21 bits per heavy atom. The number of carbonyl (C=O) groups is 2. The number of nitrogens with one attached hydrogen (secondary N) is 1. The van der Waals surface area contributed by atoms with Crippen molar-refractivity contribution >= 4 is 39.4 Å². The Labute approximate surface area is 89.4 Å². The van der Waals surface area contributed by atoms with Gasteiger partial charge in [0, 0.05) is 5.56 Å². The minimum atomic E-state index is -0.790. The number of hydrogen-bond acceptors (Lipinski definition) is 4. The first kappa shape index (κ1) is 11.0. The first-order valence-corrected chi connectivity index (χ1v) is 4.25. The summed E-state index contributed by atoms with van der Waals surface area (Å²) in [7, 11) is 0. The SMILES string of the molecule is O=C(Cl)c1ccc(NO)c(C(=O)Cl)c1. The van der Waals surface area contributed by atoms with Gasteiger partial charge < -0.3 is 0 Å². The topological polar surface area (TPSA) is 66.4 Å². The van der Waals surface area contributed by atoms with Crippen molar-refractivity contribution in [1.82, 2.24) is 0 Å². The minimum Gasteiger partial charge on any atom is -0.291 e. The van der Waals surface area contributed by atoms with Crippen molar-refractivity contribution in [3.05, 3.63) is 29.3 Å². The molecule has 0 saturated heterocycles. The van der Waals surface area contributed by atoms with Crippen molar-refractivity contribution in [3.8, 4) is 0 Å². The van der Waals surface area contributed by atoms with Gasteiger partial charge in [-0.15, -0.1) is 0 Å². The third-order valence-electron chi connectivity index (χ3n) is 1.58. The van der Waals surface area contributed by atoms with Gasteiger partial charge >= 0.3 is 0 Å². The van der Waals surface area contributed by atoms with Crippen molar-refractivity contribution < 1.29 is 14.8 Å². The molecule has 1 aromatic rings. The summed E-state index contributed by atoms with van der Waals surface area (Å²) in [6, 6.07) is 3.88. The summed E-state index contributed by atoms with van der Waals surface area (Å²) in [5, 5.41) is 7.13. The quantitative estimate of drug-likeness (QED) is 0.621. The van der Waals surface area contributed by atoms with Crippen LogP contribution in [0.1, 0.15) is 20.7 Å². The van der Waals surface area contributed by atoms with Crippen LogP contribution in [0, 0.1) is 0 Å². The number of carbonyl (C=O) groups excluding carboxylic acids is 2. The summed E-state index contributed by atoms with van der Waals surface area (Å²) < 4.78 is 0. The Hall–Kier alpha value is -1.10. The first-order chi connectivity index (χ1) is 6.56. The van der Waals surface area contributed by atoms with Crippen LogP contribution in [0.3, 0.4) is 0 Å². The second kappa shape index (κ2) is 4.41. The largest absolute Gasteiger partial charge is 0.291 e. The fourth-order valence-electron chi connectivity index (χ4n) is 0.927. The molecule has 0 radical (unpaired) electrons. The van der Waals surface area contributed by atoms with E-state index in [0.29, 0.717) is 0 Å². The monoisotopic (exact) mass is 233 g/mol. The second-order valence-corrected chi connectivity index (χ2v) is 3.11. The van der Waals surface area contributed by atoms with Crippen molar-refractivity contribution in [2.24, 2.45) is 0 Å². The van der Waals surface area contributed by atoms with Crippen molar-refractivity contribution in [2.45, 2.75) is 0 Å². The number of hydrogen-bond donors (Lipinski definition) is 2. The Bertz CT molecular complexity index is 392. The highest BCUT2D eigenvalue weighted by atomic mass is 35.5. The van der Waals surface area contributed by atoms with E-state index >= 15 is 0 Å². The molecule has 0 saturated carbocycles. The van der Waals surface area contributed by atoms with Crippen LogP contribution in [0.2, 0.25) is 0 Å². The fourth-order valence-corrected chi connectivity index (χ4v) is 1.20. The van der Waals surface area contributed by atoms with Gasteiger partial charge in [-0.3, -0.25) is 20.3 Å². The number of rotatable bonds is 3. The lowest BCUT2D eigenvalue weighted by Gasteiger charge is -2.04. The smallest absolute Gasteiger partial charge is 0.254 e. The molecule has 0 aliphatic heterocycles. The third kappa shape index (κ3) is 2.23. The summed E-state index contributed by atoms with van der Waals surface area (Å²) in [6.07, 6.45) is 0. The summed E-state index contributed by atoms with van der Waals surface area (Å²) in [5.41, 5.74) is 2.02. The van der Waals surface area contributed by atoms with E-state index in [4.69, 9.17) is 28.4 Å². The van der Waals surface area contributed by atoms with Crippen LogP contribution in [-0.4, -0.2) is 15.7 Å². The maximum Gasteiger partial charge on any atom is 0.254 e. The van der Waals surface area contributed by atoms with Gasteiger partial charge in [0.25, 0.3) is 10.5 Å². The summed E-state index contributed by atoms with van der Waals surface area (Å²) >= 11 is 10.4. The van der Waals surface area contributed by atoms with Crippen LogP contribution >= 0.6 is 23.2 Å². The van der Waals surface area contributed by atoms with Gasteiger partial charge in [-0.25, -0.2) is 0 Å². The molecule has 0 amide bonds. The summed E-state index contributed by atoms with van der Waals surface area (Å²) in [5.74, 6) is 0. The average Bonchev–Trinajstić information content (AvgIpc) is 2.16. The molecule has 0 aliphatic carbocycles. The van der Waals surface area contributed by atoms with Crippen molar-refractivity contribution in [2.75, 3.05) is 5.48 Å². The molecule has 0 aromatic heterocycles. The van der Waals surface area contributed by atoms with Crippen LogP contribution < -0.4 is 5.48 Å². The van der Waals surface area contributed by atoms with Crippen molar-refractivity contribution in [3.63, 3.8) is 0 Å².